The molecule has 0 amide bonds. The summed E-state index contributed by atoms with van der Waals surface area (Å²) >= 11 is 0. The molecule has 1 radical (unpaired) electrons. The van der Waals surface area contributed by atoms with Gasteiger partial charge in [0.05, 0.1) is 18.9 Å². The van der Waals surface area contributed by atoms with Gasteiger partial charge in [-0.3, -0.25) is 9.88 Å². The molecule has 0 spiro atoms. The van der Waals surface area contributed by atoms with Gasteiger partial charge in [-0.15, -0.1) is 0 Å². The van der Waals surface area contributed by atoms with Gasteiger partial charge in [0.2, 0.25) is 0 Å². The summed E-state index contributed by atoms with van der Waals surface area (Å²) in [7, 11) is 0. The van der Waals surface area contributed by atoms with Crippen LogP contribution < -0.4 is 0 Å². The van der Waals surface area contributed by atoms with Crippen LogP contribution in [0.3, 0.4) is 0 Å². The smallest absolute Gasteiger partial charge is 0.0594 e. The van der Waals surface area contributed by atoms with Crippen molar-refractivity contribution in [1.29, 1.82) is 0 Å². The van der Waals surface area contributed by atoms with Crippen LogP contribution in [0.2, 0.25) is 0 Å². The van der Waals surface area contributed by atoms with Crippen molar-refractivity contribution in [3.63, 3.8) is 0 Å². The van der Waals surface area contributed by atoms with Crippen LogP contribution in [0, 0.1) is 6.07 Å². The average molecular weight is 253 g/mol. The van der Waals surface area contributed by atoms with E-state index in [1.807, 2.05) is 24.4 Å². The highest BCUT2D eigenvalue weighted by Crippen LogP contribution is 2.18. The lowest BCUT2D eigenvalue weighted by atomic mass is 10.1. The fraction of sp³-hybridized carbons (Fsp3) is 0.312. The number of rotatable bonds is 3. The van der Waals surface area contributed by atoms with Crippen LogP contribution in [0.25, 0.3) is 11.1 Å². The third-order valence-corrected chi connectivity index (χ3v) is 3.35. The number of hydrogen-bond donors (Lipinski definition) is 0. The number of aromatic nitrogens is 1. The SMILES string of the molecule is [c]1cccc(-c2ccc(CN3CCOCC3)nc2)c1. The first-order chi connectivity index (χ1) is 9.42. The lowest BCUT2D eigenvalue weighted by Crippen LogP contribution is -2.35. The van der Waals surface area contributed by atoms with Crippen LogP contribution in [-0.4, -0.2) is 36.2 Å². The number of benzene rings is 1. The highest BCUT2D eigenvalue weighted by molar-refractivity contribution is 5.61. The first-order valence-electron chi connectivity index (χ1n) is 6.63. The maximum Gasteiger partial charge on any atom is 0.0594 e. The molecule has 1 fully saturated rings. The number of nitrogens with zero attached hydrogens (tertiary/aromatic N) is 2. The zero-order chi connectivity index (χ0) is 12.9. The maximum atomic E-state index is 5.35. The van der Waals surface area contributed by atoms with Gasteiger partial charge in [-0.1, -0.05) is 24.3 Å². The zero-order valence-corrected chi connectivity index (χ0v) is 10.9. The minimum atomic E-state index is 0.831. The van der Waals surface area contributed by atoms with E-state index in [2.05, 4.69) is 34.1 Å². The van der Waals surface area contributed by atoms with Gasteiger partial charge in [0.1, 0.15) is 0 Å². The summed E-state index contributed by atoms with van der Waals surface area (Å²) in [6.45, 7) is 4.56. The summed E-state index contributed by atoms with van der Waals surface area (Å²) in [6.07, 6.45) is 1.94. The third kappa shape index (κ3) is 3.19. The highest BCUT2D eigenvalue weighted by Gasteiger charge is 2.11. The maximum absolute atomic E-state index is 5.35. The van der Waals surface area contributed by atoms with E-state index in [0.29, 0.717) is 0 Å². The molecular weight excluding hydrogens is 236 g/mol. The molecule has 0 saturated carbocycles. The molecular formula is C16H17N2O. The molecule has 3 rings (SSSR count). The van der Waals surface area contributed by atoms with Crippen molar-refractivity contribution in [2.45, 2.75) is 6.54 Å². The number of hydrogen-bond acceptors (Lipinski definition) is 3. The molecule has 0 N–H and O–H groups in total. The molecule has 97 valence electrons. The second kappa shape index (κ2) is 5.95. The lowest BCUT2D eigenvalue weighted by Gasteiger charge is -2.26. The first kappa shape index (κ1) is 12.3. The number of ether oxygens (including phenoxy) is 1. The minimum absolute atomic E-state index is 0.831. The Balaban J connectivity index is 1.68. The van der Waals surface area contributed by atoms with Crippen LogP contribution >= 0.6 is 0 Å². The fourth-order valence-electron chi connectivity index (χ4n) is 2.25. The molecule has 0 unspecified atom stereocenters. The average Bonchev–Trinajstić information content (AvgIpc) is 2.50. The topological polar surface area (TPSA) is 25.4 Å². The number of morpholine rings is 1. The van der Waals surface area contributed by atoms with E-state index in [9.17, 15) is 0 Å². The summed E-state index contributed by atoms with van der Waals surface area (Å²) in [5.41, 5.74) is 3.42. The minimum Gasteiger partial charge on any atom is -0.379 e. The predicted octanol–water partition coefficient (Wildman–Crippen LogP) is 2.38. The van der Waals surface area contributed by atoms with Gasteiger partial charge < -0.3 is 4.74 Å². The molecule has 1 aromatic heterocycles. The van der Waals surface area contributed by atoms with Gasteiger partial charge in [0, 0.05) is 31.4 Å². The van der Waals surface area contributed by atoms with E-state index in [-0.39, 0.29) is 0 Å². The largest absolute Gasteiger partial charge is 0.379 e. The van der Waals surface area contributed by atoms with Crippen LogP contribution in [0.1, 0.15) is 5.69 Å². The van der Waals surface area contributed by atoms with Crippen LogP contribution in [0.5, 0.6) is 0 Å². The normalized spacial score (nSPS) is 16.4. The van der Waals surface area contributed by atoms with Crippen molar-refractivity contribution in [2.75, 3.05) is 26.3 Å². The summed E-state index contributed by atoms with van der Waals surface area (Å²) in [5, 5.41) is 0. The Bertz CT molecular complexity index is 504. The molecule has 2 heterocycles. The van der Waals surface area contributed by atoms with Crippen molar-refractivity contribution >= 4 is 0 Å². The Hall–Kier alpha value is -1.71. The Morgan fingerprint density at radius 2 is 2.05 bits per heavy atom. The first-order valence-corrected chi connectivity index (χ1v) is 6.63. The fourth-order valence-corrected chi connectivity index (χ4v) is 2.25. The summed E-state index contributed by atoms with van der Waals surface area (Å²) < 4.78 is 5.35. The van der Waals surface area contributed by atoms with Crippen molar-refractivity contribution in [3.05, 3.63) is 54.4 Å². The van der Waals surface area contributed by atoms with Crippen LogP contribution in [-0.2, 0) is 11.3 Å². The van der Waals surface area contributed by atoms with Gasteiger partial charge in [0.15, 0.2) is 0 Å². The predicted molar refractivity (Wildman–Crippen MR) is 74.6 cm³/mol. The summed E-state index contributed by atoms with van der Waals surface area (Å²) in [5.74, 6) is 0. The van der Waals surface area contributed by atoms with E-state index in [4.69, 9.17) is 4.74 Å². The van der Waals surface area contributed by atoms with Crippen molar-refractivity contribution in [1.82, 2.24) is 9.88 Å². The Morgan fingerprint density at radius 3 is 2.74 bits per heavy atom. The second-order valence-electron chi connectivity index (χ2n) is 4.72. The summed E-state index contributed by atoms with van der Waals surface area (Å²) in [4.78, 5) is 6.93. The van der Waals surface area contributed by atoms with Gasteiger partial charge >= 0.3 is 0 Å². The molecule has 1 aliphatic rings. The molecule has 0 aliphatic carbocycles. The molecule has 3 nitrogen and oxygen atoms in total. The number of pyridine rings is 1. The third-order valence-electron chi connectivity index (χ3n) is 3.35. The molecule has 1 aromatic carbocycles. The van der Waals surface area contributed by atoms with Crippen molar-refractivity contribution < 1.29 is 4.74 Å². The van der Waals surface area contributed by atoms with Gasteiger partial charge in [-0.2, -0.15) is 0 Å². The van der Waals surface area contributed by atoms with E-state index in [1.54, 1.807) is 0 Å². The molecule has 3 heteroatoms. The molecule has 0 bridgehead atoms. The van der Waals surface area contributed by atoms with Crippen LogP contribution in [0.4, 0.5) is 0 Å². The van der Waals surface area contributed by atoms with Crippen LogP contribution in [0.15, 0.2) is 42.6 Å². The van der Waals surface area contributed by atoms with E-state index in [1.165, 1.54) is 0 Å². The summed E-state index contributed by atoms with van der Waals surface area (Å²) in [6, 6.07) is 15.3. The molecule has 0 atom stereocenters. The van der Waals surface area contributed by atoms with E-state index < -0.39 is 0 Å². The van der Waals surface area contributed by atoms with Crippen molar-refractivity contribution in [3.8, 4) is 11.1 Å². The molecule has 1 saturated heterocycles. The molecule has 19 heavy (non-hydrogen) atoms. The monoisotopic (exact) mass is 253 g/mol. The molecule has 2 aromatic rings. The Kier molecular flexibility index (Phi) is 3.86. The lowest BCUT2D eigenvalue weighted by molar-refractivity contribution is 0.0336. The van der Waals surface area contributed by atoms with E-state index >= 15 is 0 Å². The molecule has 1 aliphatic heterocycles. The quantitative estimate of drug-likeness (QED) is 0.839. The van der Waals surface area contributed by atoms with E-state index in [0.717, 1.165) is 49.7 Å². The highest BCUT2D eigenvalue weighted by atomic mass is 16.5. The second-order valence-corrected chi connectivity index (χ2v) is 4.72. The standard InChI is InChI=1S/C16H17N2O/c1-2-4-14(5-3-1)15-6-7-16(17-12-15)13-18-8-10-19-11-9-18/h1-2,4-7,12H,8-11,13H2. The van der Waals surface area contributed by atoms with Gasteiger partial charge in [-0.05, 0) is 23.8 Å². The van der Waals surface area contributed by atoms with Gasteiger partial charge in [-0.25, -0.2) is 0 Å². The van der Waals surface area contributed by atoms with Crippen molar-refractivity contribution in [2.24, 2.45) is 0 Å². The van der Waals surface area contributed by atoms with Gasteiger partial charge in [0.25, 0.3) is 0 Å². The zero-order valence-electron chi connectivity index (χ0n) is 10.9. The Morgan fingerprint density at radius 1 is 1.16 bits per heavy atom. The Labute approximate surface area is 113 Å².